The number of rotatable bonds is 7. The molecule has 0 saturated carbocycles. The third kappa shape index (κ3) is 5.14. The topological polar surface area (TPSA) is 94.0 Å². The molecule has 3 rings (SSSR count). The van der Waals surface area contributed by atoms with Crippen molar-refractivity contribution in [1.82, 2.24) is 19.7 Å². The van der Waals surface area contributed by atoms with Gasteiger partial charge in [-0.3, -0.25) is 9.48 Å². The van der Waals surface area contributed by atoms with Gasteiger partial charge in [-0.1, -0.05) is 11.6 Å². The van der Waals surface area contributed by atoms with Crippen LogP contribution in [0.4, 0.5) is 27.5 Å². The second kappa shape index (κ2) is 8.45. The Morgan fingerprint density at radius 2 is 2.00 bits per heavy atom. The van der Waals surface area contributed by atoms with Crippen LogP contribution in [0.2, 0.25) is 5.02 Å². The lowest BCUT2D eigenvalue weighted by molar-refractivity contribution is -0.140. The fraction of sp³-hybridized carbons (Fsp3) is 0.176. The Hall–Kier alpha value is -3.20. The van der Waals surface area contributed by atoms with Crippen molar-refractivity contribution in [3.05, 3.63) is 53.7 Å². The number of esters is 1. The predicted octanol–water partition coefficient (Wildman–Crippen LogP) is 3.52. The first kappa shape index (κ1) is 18.6. The number of methoxy groups -OCH3 is 1. The first-order valence-electron chi connectivity index (χ1n) is 7.95. The molecular formula is C17H16ClFN6O2. The molecule has 2 N–H and O–H groups in total. The fourth-order valence-electron chi connectivity index (χ4n) is 2.17. The summed E-state index contributed by atoms with van der Waals surface area (Å²) in [7, 11) is 1.34. The summed E-state index contributed by atoms with van der Waals surface area (Å²) < 4.78 is 19.2. The zero-order valence-electron chi connectivity index (χ0n) is 14.3. The SMILES string of the molecule is COC(=O)CCn1cc(Nc2ncc(Cl)c(Nc3ccc(F)cc3)n2)cn1. The van der Waals surface area contributed by atoms with Crippen LogP contribution in [0.1, 0.15) is 6.42 Å². The van der Waals surface area contributed by atoms with Crippen LogP contribution >= 0.6 is 11.6 Å². The summed E-state index contributed by atoms with van der Waals surface area (Å²) >= 11 is 6.12. The summed E-state index contributed by atoms with van der Waals surface area (Å²) in [6.45, 7) is 0.396. The lowest BCUT2D eigenvalue weighted by Gasteiger charge is -2.09. The summed E-state index contributed by atoms with van der Waals surface area (Å²) in [4.78, 5) is 19.6. The molecule has 2 heterocycles. The number of aromatic nitrogens is 4. The summed E-state index contributed by atoms with van der Waals surface area (Å²) in [5.41, 5.74) is 1.29. The molecule has 10 heteroatoms. The standard InChI is InChI=1S/C17H16ClFN6O2/c1-27-15(26)6-7-25-10-13(8-21-25)23-17-20-9-14(18)16(24-17)22-12-4-2-11(19)3-5-12/h2-5,8-10H,6-7H2,1H3,(H2,20,22,23,24). The lowest BCUT2D eigenvalue weighted by atomic mass is 10.3. The highest BCUT2D eigenvalue weighted by Crippen LogP contribution is 2.24. The largest absolute Gasteiger partial charge is 0.469 e. The van der Waals surface area contributed by atoms with E-state index in [1.165, 1.54) is 25.4 Å². The highest BCUT2D eigenvalue weighted by Gasteiger charge is 2.08. The molecule has 1 aromatic carbocycles. The van der Waals surface area contributed by atoms with Gasteiger partial charge < -0.3 is 15.4 Å². The maximum atomic E-state index is 13.0. The third-order valence-electron chi connectivity index (χ3n) is 3.51. The number of carbonyl (C=O) groups is 1. The van der Waals surface area contributed by atoms with Crippen LogP contribution in [-0.4, -0.2) is 32.8 Å². The minimum atomic E-state index is -0.332. The lowest BCUT2D eigenvalue weighted by Crippen LogP contribution is -2.07. The van der Waals surface area contributed by atoms with Gasteiger partial charge in [0.05, 0.1) is 38.2 Å². The monoisotopic (exact) mass is 390 g/mol. The van der Waals surface area contributed by atoms with Crippen LogP contribution in [0.5, 0.6) is 0 Å². The molecule has 0 aliphatic carbocycles. The maximum absolute atomic E-state index is 13.0. The molecule has 0 atom stereocenters. The Morgan fingerprint density at radius 1 is 1.22 bits per heavy atom. The molecule has 8 nitrogen and oxygen atoms in total. The third-order valence-corrected chi connectivity index (χ3v) is 3.79. The Labute approximate surface area is 159 Å². The van der Waals surface area contributed by atoms with Crippen molar-refractivity contribution in [3.8, 4) is 0 Å². The molecule has 0 unspecified atom stereocenters. The summed E-state index contributed by atoms with van der Waals surface area (Å²) in [5, 5.41) is 10.5. The van der Waals surface area contributed by atoms with Crippen molar-refractivity contribution < 1.29 is 13.9 Å². The van der Waals surface area contributed by atoms with Crippen molar-refractivity contribution in [1.29, 1.82) is 0 Å². The van der Waals surface area contributed by atoms with Gasteiger partial charge in [0, 0.05) is 11.9 Å². The van der Waals surface area contributed by atoms with Crippen molar-refractivity contribution in [2.75, 3.05) is 17.7 Å². The minimum absolute atomic E-state index is 0.223. The summed E-state index contributed by atoms with van der Waals surface area (Å²) in [6.07, 6.45) is 4.97. The van der Waals surface area contributed by atoms with Gasteiger partial charge in [-0.25, -0.2) is 9.37 Å². The maximum Gasteiger partial charge on any atom is 0.307 e. The Balaban J connectivity index is 1.68. The Kier molecular flexibility index (Phi) is 5.82. The minimum Gasteiger partial charge on any atom is -0.469 e. The van der Waals surface area contributed by atoms with Crippen molar-refractivity contribution >= 4 is 40.7 Å². The zero-order valence-corrected chi connectivity index (χ0v) is 15.1. The van der Waals surface area contributed by atoms with Crippen molar-refractivity contribution in [2.24, 2.45) is 0 Å². The van der Waals surface area contributed by atoms with Gasteiger partial charge >= 0.3 is 5.97 Å². The van der Waals surface area contributed by atoms with Crippen LogP contribution in [0.25, 0.3) is 0 Å². The second-order valence-corrected chi connectivity index (χ2v) is 5.87. The first-order valence-corrected chi connectivity index (χ1v) is 8.33. The number of hydrogen-bond acceptors (Lipinski definition) is 7. The van der Waals surface area contributed by atoms with E-state index in [0.717, 1.165) is 0 Å². The molecular weight excluding hydrogens is 375 g/mol. The van der Waals surface area contributed by atoms with Gasteiger partial charge in [0.25, 0.3) is 0 Å². The van der Waals surface area contributed by atoms with Gasteiger partial charge in [0.1, 0.15) is 10.8 Å². The van der Waals surface area contributed by atoms with Crippen molar-refractivity contribution in [2.45, 2.75) is 13.0 Å². The van der Waals surface area contributed by atoms with Gasteiger partial charge in [0.2, 0.25) is 5.95 Å². The van der Waals surface area contributed by atoms with E-state index in [1.807, 2.05) is 0 Å². The highest BCUT2D eigenvalue weighted by atomic mass is 35.5. The number of benzene rings is 1. The molecule has 2 aromatic heterocycles. The number of nitrogens with one attached hydrogen (secondary N) is 2. The Morgan fingerprint density at radius 3 is 2.74 bits per heavy atom. The van der Waals surface area contributed by atoms with E-state index < -0.39 is 0 Å². The smallest absolute Gasteiger partial charge is 0.307 e. The van der Waals surface area contributed by atoms with Crippen LogP contribution in [0.15, 0.2) is 42.9 Å². The zero-order chi connectivity index (χ0) is 19.2. The fourth-order valence-corrected chi connectivity index (χ4v) is 2.31. The molecule has 0 bridgehead atoms. The number of ether oxygens (including phenoxy) is 1. The van der Waals surface area contributed by atoms with E-state index in [-0.39, 0.29) is 18.2 Å². The van der Waals surface area contributed by atoms with Gasteiger partial charge in [0.15, 0.2) is 5.82 Å². The quantitative estimate of drug-likeness (QED) is 0.596. The number of anilines is 4. The average molecular weight is 391 g/mol. The number of hydrogen-bond donors (Lipinski definition) is 2. The second-order valence-electron chi connectivity index (χ2n) is 5.47. The number of aryl methyl sites for hydroxylation is 1. The molecule has 0 fully saturated rings. The number of halogens is 2. The molecule has 0 amide bonds. The predicted molar refractivity (Wildman–Crippen MR) is 98.9 cm³/mol. The summed E-state index contributed by atoms with van der Waals surface area (Å²) in [5.74, 6) is 0.0360. The molecule has 0 saturated heterocycles. The van der Waals surface area contributed by atoms with E-state index >= 15 is 0 Å². The molecule has 27 heavy (non-hydrogen) atoms. The summed E-state index contributed by atoms with van der Waals surface area (Å²) in [6, 6.07) is 5.82. The van der Waals surface area contributed by atoms with E-state index in [0.29, 0.717) is 34.7 Å². The van der Waals surface area contributed by atoms with E-state index in [2.05, 4.69) is 30.4 Å². The Bertz CT molecular complexity index is 931. The van der Waals surface area contributed by atoms with E-state index in [9.17, 15) is 9.18 Å². The molecule has 0 aliphatic heterocycles. The van der Waals surface area contributed by atoms with Gasteiger partial charge in [-0.15, -0.1) is 0 Å². The van der Waals surface area contributed by atoms with Gasteiger partial charge in [-0.2, -0.15) is 10.1 Å². The van der Waals surface area contributed by atoms with Crippen LogP contribution in [0.3, 0.4) is 0 Å². The number of nitrogens with zero attached hydrogens (tertiary/aromatic N) is 4. The van der Waals surface area contributed by atoms with Crippen LogP contribution in [-0.2, 0) is 16.1 Å². The average Bonchev–Trinajstić information content (AvgIpc) is 3.11. The van der Waals surface area contributed by atoms with Crippen LogP contribution in [0, 0.1) is 5.82 Å². The molecule has 3 aromatic rings. The molecule has 0 radical (unpaired) electrons. The van der Waals surface area contributed by atoms with Crippen molar-refractivity contribution in [3.63, 3.8) is 0 Å². The molecule has 140 valence electrons. The van der Waals surface area contributed by atoms with Crippen LogP contribution < -0.4 is 10.6 Å². The molecule has 0 spiro atoms. The van der Waals surface area contributed by atoms with E-state index in [1.54, 1.807) is 29.2 Å². The molecule has 0 aliphatic rings. The van der Waals surface area contributed by atoms with Gasteiger partial charge in [-0.05, 0) is 24.3 Å². The normalized spacial score (nSPS) is 10.5. The number of carbonyl (C=O) groups excluding carboxylic acids is 1. The first-order chi connectivity index (χ1) is 13.0. The highest BCUT2D eigenvalue weighted by molar-refractivity contribution is 6.32. The van der Waals surface area contributed by atoms with E-state index in [4.69, 9.17) is 11.6 Å².